The number of aryl methyl sites for hydroxylation is 1. The van der Waals surface area contributed by atoms with E-state index < -0.39 is 0 Å². The first-order chi connectivity index (χ1) is 9.46. The molecule has 0 amide bonds. The van der Waals surface area contributed by atoms with Crippen LogP contribution in [-0.4, -0.2) is 30.6 Å². The Kier molecular flexibility index (Phi) is 4.84. The molecule has 2 unspecified atom stereocenters. The van der Waals surface area contributed by atoms with Gasteiger partial charge >= 0.3 is 0 Å². The van der Waals surface area contributed by atoms with Gasteiger partial charge in [-0.25, -0.2) is 0 Å². The summed E-state index contributed by atoms with van der Waals surface area (Å²) in [5.74, 6) is 6.48. The van der Waals surface area contributed by atoms with Crippen molar-refractivity contribution in [2.75, 3.05) is 14.1 Å². The summed E-state index contributed by atoms with van der Waals surface area (Å²) in [5.41, 5.74) is 6.17. The number of hydrogen-bond acceptors (Lipinski definition) is 3. The minimum absolute atomic E-state index is 0.0428. The van der Waals surface area contributed by atoms with Crippen LogP contribution in [-0.2, 0) is 6.42 Å². The third-order valence-corrected chi connectivity index (χ3v) is 5.22. The lowest BCUT2D eigenvalue weighted by molar-refractivity contribution is 0.126. The van der Waals surface area contributed by atoms with Gasteiger partial charge in [0.15, 0.2) is 0 Å². The molecule has 1 aliphatic carbocycles. The summed E-state index contributed by atoms with van der Waals surface area (Å²) in [6.45, 7) is 4.51. The van der Waals surface area contributed by atoms with E-state index in [1.807, 2.05) is 0 Å². The number of benzene rings is 1. The highest BCUT2D eigenvalue weighted by Gasteiger charge is 2.34. The Morgan fingerprint density at radius 1 is 1.35 bits per heavy atom. The molecule has 3 heteroatoms. The summed E-state index contributed by atoms with van der Waals surface area (Å²) in [5, 5.41) is 0. The highest BCUT2D eigenvalue weighted by molar-refractivity contribution is 5.32. The largest absolute Gasteiger partial charge is 0.303 e. The van der Waals surface area contributed by atoms with Crippen LogP contribution in [0.25, 0.3) is 0 Å². The Hall–Kier alpha value is -0.900. The summed E-state index contributed by atoms with van der Waals surface area (Å²) in [6.07, 6.45) is 4.89. The van der Waals surface area contributed by atoms with Crippen LogP contribution in [0.3, 0.4) is 0 Å². The topological polar surface area (TPSA) is 41.3 Å². The SMILES string of the molecule is CN(C)C(C)(C)C(CC1CCCc2ccccc21)NN. The van der Waals surface area contributed by atoms with Crippen LogP contribution in [0.15, 0.2) is 24.3 Å². The number of hydrogen-bond donors (Lipinski definition) is 2. The van der Waals surface area contributed by atoms with E-state index >= 15 is 0 Å². The zero-order valence-electron chi connectivity index (χ0n) is 13.3. The van der Waals surface area contributed by atoms with E-state index in [2.05, 4.69) is 62.5 Å². The summed E-state index contributed by atoms with van der Waals surface area (Å²) in [6, 6.07) is 9.19. The number of fused-ring (bicyclic) bond motifs is 1. The summed E-state index contributed by atoms with van der Waals surface area (Å²) in [7, 11) is 4.25. The lowest BCUT2D eigenvalue weighted by Crippen LogP contribution is -2.57. The molecule has 0 aliphatic heterocycles. The normalized spacial score (nSPS) is 20.8. The second-order valence-corrected chi connectivity index (χ2v) is 6.79. The van der Waals surface area contributed by atoms with Crippen molar-refractivity contribution in [2.45, 2.75) is 57.0 Å². The van der Waals surface area contributed by atoms with E-state index in [0.717, 1.165) is 6.42 Å². The standard InChI is InChI=1S/C17H29N3/c1-17(2,20(3)4)16(19-18)12-14-10-7-9-13-8-5-6-11-15(13)14/h5-6,8,11,14,16,19H,7,9-10,12,18H2,1-4H3. The predicted molar refractivity (Wildman–Crippen MR) is 85.6 cm³/mol. The van der Waals surface area contributed by atoms with Crippen LogP contribution >= 0.6 is 0 Å². The molecule has 1 aliphatic rings. The summed E-state index contributed by atoms with van der Waals surface area (Å²) < 4.78 is 0. The molecule has 112 valence electrons. The molecule has 0 saturated carbocycles. The Morgan fingerprint density at radius 3 is 2.70 bits per heavy atom. The van der Waals surface area contributed by atoms with Crippen molar-refractivity contribution in [1.82, 2.24) is 10.3 Å². The first kappa shape index (κ1) is 15.5. The van der Waals surface area contributed by atoms with Crippen LogP contribution in [0.5, 0.6) is 0 Å². The average molecular weight is 275 g/mol. The van der Waals surface area contributed by atoms with Crippen molar-refractivity contribution < 1.29 is 0 Å². The molecule has 0 bridgehead atoms. The fourth-order valence-corrected chi connectivity index (χ4v) is 3.26. The van der Waals surface area contributed by atoms with Crippen molar-refractivity contribution in [3.63, 3.8) is 0 Å². The molecule has 3 N–H and O–H groups in total. The second kappa shape index (κ2) is 6.25. The Labute approximate surface area is 123 Å². The van der Waals surface area contributed by atoms with E-state index in [9.17, 15) is 0 Å². The maximum atomic E-state index is 5.86. The van der Waals surface area contributed by atoms with Crippen LogP contribution in [0.4, 0.5) is 0 Å². The zero-order valence-corrected chi connectivity index (χ0v) is 13.3. The average Bonchev–Trinajstić information content (AvgIpc) is 2.44. The summed E-state index contributed by atoms with van der Waals surface area (Å²) in [4.78, 5) is 2.26. The maximum Gasteiger partial charge on any atom is 0.0394 e. The van der Waals surface area contributed by atoms with E-state index in [-0.39, 0.29) is 11.6 Å². The lowest BCUT2D eigenvalue weighted by atomic mass is 9.76. The molecule has 0 radical (unpaired) electrons. The molecule has 0 aromatic heterocycles. The molecule has 0 fully saturated rings. The Morgan fingerprint density at radius 2 is 2.05 bits per heavy atom. The van der Waals surface area contributed by atoms with Crippen molar-refractivity contribution >= 4 is 0 Å². The molecular formula is C17H29N3. The molecule has 1 aromatic rings. The van der Waals surface area contributed by atoms with Gasteiger partial charge in [0.1, 0.15) is 0 Å². The van der Waals surface area contributed by atoms with Crippen LogP contribution in [0.2, 0.25) is 0 Å². The van der Waals surface area contributed by atoms with E-state index in [0.29, 0.717) is 5.92 Å². The highest BCUT2D eigenvalue weighted by Crippen LogP contribution is 2.36. The van der Waals surface area contributed by atoms with Crippen molar-refractivity contribution in [1.29, 1.82) is 0 Å². The molecule has 2 atom stereocenters. The van der Waals surface area contributed by atoms with Gasteiger partial charge in [-0.15, -0.1) is 0 Å². The third-order valence-electron chi connectivity index (χ3n) is 5.22. The molecule has 3 nitrogen and oxygen atoms in total. The van der Waals surface area contributed by atoms with Gasteiger partial charge in [-0.3, -0.25) is 11.3 Å². The van der Waals surface area contributed by atoms with Crippen molar-refractivity contribution in [3.8, 4) is 0 Å². The lowest BCUT2D eigenvalue weighted by Gasteiger charge is -2.42. The maximum absolute atomic E-state index is 5.86. The smallest absolute Gasteiger partial charge is 0.0394 e. The van der Waals surface area contributed by atoms with Gasteiger partial charge < -0.3 is 4.90 Å². The van der Waals surface area contributed by atoms with Gasteiger partial charge in [0.05, 0.1) is 0 Å². The van der Waals surface area contributed by atoms with Crippen LogP contribution in [0, 0.1) is 0 Å². The minimum atomic E-state index is 0.0428. The second-order valence-electron chi connectivity index (χ2n) is 6.79. The number of rotatable bonds is 5. The third kappa shape index (κ3) is 3.05. The van der Waals surface area contributed by atoms with E-state index in [4.69, 9.17) is 5.84 Å². The van der Waals surface area contributed by atoms with Crippen LogP contribution < -0.4 is 11.3 Å². The number of nitrogens with one attached hydrogen (secondary N) is 1. The van der Waals surface area contributed by atoms with Gasteiger partial charge in [0.2, 0.25) is 0 Å². The molecule has 1 aromatic carbocycles. The molecule has 0 heterocycles. The molecule has 0 saturated heterocycles. The first-order valence-corrected chi connectivity index (χ1v) is 7.68. The highest BCUT2D eigenvalue weighted by atomic mass is 15.3. The first-order valence-electron chi connectivity index (χ1n) is 7.68. The predicted octanol–water partition coefficient (Wildman–Crippen LogP) is 2.67. The quantitative estimate of drug-likeness (QED) is 0.641. The molecule has 20 heavy (non-hydrogen) atoms. The molecular weight excluding hydrogens is 246 g/mol. The summed E-state index contributed by atoms with van der Waals surface area (Å²) >= 11 is 0. The van der Waals surface area contributed by atoms with Gasteiger partial charge in [0.25, 0.3) is 0 Å². The van der Waals surface area contributed by atoms with Crippen molar-refractivity contribution in [3.05, 3.63) is 35.4 Å². The van der Waals surface area contributed by atoms with Gasteiger partial charge in [-0.2, -0.15) is 0 Å². The van der Waals surface area contributed by atoms with Crippen molar-refractivity contribution in [2.24, 2.45) is 5.84 Å². The van der Waals surface area contributed by atoms with E-state index in [1.54, 1.807) is 0 Å². The minimum Gasteiger partial charge on any atom is -0.303 e. The fourth-order valence-electron chi connectivity index (χ4n) is 3.26. The number of nitrogens with zero attached hydrogens (tertiary/aromatic N) is 1. The zero-order chi connectivity index (χ0) is 14.8. The molecule has 2 rings (SSSR count). The monoisotopic (exact) mass is 275 g/mol. The molecule has 0 spiro atoms. The Balaban J connectivity index is 2.17. The Bertz CT molecular complexity index is 440. The van der Waals surface area contributed by atoms with Gasteiger partial charge in [-0.05, 0) is 70.7 Å². The number of nitrogens with two attached hydrogens (primary N) is 1. The number of hydrazine groups is 1. The van der Waals surface area contributed by atoms with Gasteiger partial charge in [0, 0.05) is 11.6 Å². The van der Waals surface area contributed by atoms with Gasteiger partial charge in [-0.1, -0.05) is 24.3 Å². The van der Waals surface area contributed by atoms with E-state index in [1.165, 1.54) is 30.4 Å². The fraction of sp³-hybridized carbons (Fsp3) is 0.647. The number of likely N-dealkylation sites (N-methyl/N-ethyl adjacent to an activating group) is 1. The van der Waals surface area contributed by atoms with Crippen LogP contribution in [0.1, 0.15) is 50.2 Å².